The molecular weight excluding hydrogens is 480 g/mol. The fraction of sp³-hybridized carbons (Fsp3) is 0.900. The molecule has 0 aromatic rings. The van der Waals surface area contributed by atoms with Gasteiger partial charge in [0, 0.05) is 25.2 Å². The van der Waals surface area contributed by atoms with Gasteiger partial charge in [-0.05, 0) is 46.0 Å². The van der Waals surface area contributed by atoms with Gasteiger partial charge in [0.1, 0.15) is 16.8 Å². The first-order valence-corrected chi connectivity index (χ1v) is 16.2. The van der Waals surface area contributed by atoms with Gasteiger partial charge in [-0.25, -0.2) is 25.3 Å². The van der Waals surface area contributed by atoms with Gasteiger partial charge in [0.05, 0.1) is 0 Å². The van der Waals surface area contributed by atoms with Crippen LogP contribution in [-0.2, 0) is 43.8 Å². The number of Topliss-reactive ketones (excluding diaryl/α,β-unsaturated/α-hetero) is 1. The average Bonchev–Trinajstić information content (AvgIpc) is 2.63. The van der Waals surface area contributed by atoms with Crippen molar-refractivity contribution < 1.29 is 39.6 Å². The van der Waals surface area contributed by atoms with E-state index in [1.54, 1.807) is 6.92 Å². The first kappa shape index (κ1) is 29.0. The third-order valence-corrected chi connectivity index (χ3v) is 16.3. The number of ether oxygens (including phenoxy) is 1. The van der Waals surface area contributed by atoms with Crippen LogP contribution >= 0.6 is 0 Å². The largest absolute Gasteiger partial charge is 0.458 e. The van der Waals surface area contributed by atoms with E-state index in [1.807, 2.05) is 6.92 Å². The molecule has 1 rings (SSSR count). The van der Waals surface area contributed by atoms with Crippen molar-refractivity contribution in [2.24, 2.45) is 11.3 Å². The molecule has 9 nitrogen and oxygen atoms in total. The van der Waals surface area contributed by atoms with Gasteiger partial charge in [-0.2, -0.15) is 0 Å². The average molecular weight is 517 g/mol. The van der Waals surface area contributed by atoms with E-state index < -0.39 is 62.1 Å². The van der Waals surface area contributed by atoms with Crippen molar-refractivity contribution >= 4 is 41.3 Å². The van der Waals surface area contributed by atoms with Crippen molar-refractivity contribution in [3.8, 4) is 0 Å². The molecule has 1 saturated carbocycles. The van der Waals surface area contributed by atoms with Gasteiger partial charge in [0.25, 0.3) is 3.41 Å². The molecule has 1 fully saturated rings. The highest BCUT2D eigenvalue weighted by atomic mass is 32.3. The van der Waals surface area contributed by atoms with E-state index in [2.05, 4.69) is 0 Å². The van der Waals surface area contributed by atoms with Gasteiger partial charge in [0.15, 0.2) is 29.5 Å². The van der Waals surface area contributed by atoms with E-state index in [1.165, 1.54) is 0 Å². The molecule has 32 heavy (non-hydrogen) atoms. The zero-order valence-electron chi connectivity index (χ0n) is 19.9. The van der Waals surface area contributed by atoms with Crippen LogP contribution < -0.4 is 0 Å². The Morgan fingerprint density at radius 2 is 1.25 bits per heavy atom. The predicted octanol–water partition coefficient (Wildman–Crippen LogP) is 2.05. The van der Waals surface area contributed by atoms with Gasteiger partial charge in [0.2, 0.25) is 0 Å². The van der Waals surface area contributed by atoms with Gasteiger partial charge in [-0.15, -0.1) is 0 Å². The summed E-state index contributed by atoms with van der Waals surface area (Å²) < 4.78 is 78.2. The van der Waals surface area contributed by atoms with E-state index in [0.717, 1.165) is 46.0 Å². The van der Waals surface area contributed by atoms with Crippen LogP contribution in [0.3, 0.4) is 0 Å². The lowest BCUT2D eigenvalue weighted by Crippen LogP contribution is -2.57. The van der Waals surface area contributed by atoms with Crippen LogP contribution in [0.15, 0.2) is 0 Å². The maximum absolute atomic E-state index is 13.4. The Balaban J connectivity index is 3.64. The molecule has 1 aliphatic carbocycles. The number of sulfone groups is 3. The minimum Gasteiger partial charge on any atom is -0.458 e. The number of esters is 1. The van der Waals surface area contributed by atoms with Crippen molar-refractivity contribution in [3.05, 3.63) is 0 Å². The van der Waals surface area contributed by atoms with Crippen molar-refractivity contribution in [2.75, 3.05) is 18.8 Å². The summed E-state index contributed by atoms with van der Waals surface area (Å²) in [6, 6.07) is 0. The van der Waals surface area contributed by atoms with Crippen molar-refractivity contribution in [1.29, 1.82) is 0 Å². The summed E-state index contributed by atoms with van der Waals surface area (Å²) in [4.78, 5) is 26.0. The monoisotopic (exact) mass is 516 g/mol. The minimum atomic E-state index is -4.85. The zero-order chi connectivity index (χ0) is 25.4. The molecule has 0 aliphatic heterocycles. The van der Waals surface area contributed by atoms with E-state index in [9.17, 15) is 34.8 Å². The van der Waals surface area contributed by atoms with Crippen LogP contribution in [0.2, 0.25) is 0 Å². The van der Waals surface area contributed by atoms with E-state index in [0.29, 0.717) is 25.2 Å². The maximum Gasteiger partial charge on any atom is 0.320 e. The molecule has 0 bridgehead atoms. The van der Waals surface area contributed by atoms with Crippen LogP contribution in [0.25, 0.3) is 0 Å². The lowest BCUT2D eigenvalue weighted by Gasteiger charge is -2.42. The molecule has 0 N–H and O–H groups in total. The minimum absolute atomic E-state index is 0.0193. The van der Waals surface area contributed by atoms with Gasteiger partial charge in [-0.3, -0.25) is 9.59 Å². The van der Waals surface area contributed by atoms with Gasteiger partial charge in [-0.1, -0.05) is 26.2 Å². The second-order valence-electron chi connectivity index (χ2n) is 9.46. The van der Waals surface area contributed by atoms with Crippen LogP contribution in [-0.4, -0.2) is 64.8 Å². The van der Waals surface area contributed by atoms with Crippen molar-refractivity contribution in [1.82, 2.24) is 0 Å². The third-order valence-electron chi connectivity index (χ3n) is 6.99. The molecule has 0 heterocycles. The highest BCUT2D eigenvalue weighted by molar-refractivity contribution is 8.25. The number of hydrogen-bond donors (Lipinski definition) is 0. The Hall–Kier alpha value is -1.01. The Morgan fingerprint density at radius 1 is 0.844 bits per heavy atom. The quantitative estimate of drug-likeness (QED) is 0.314. The van der Waals surface area contributed by atoms with Crippen LogP contribution in [0.1, 0.15) is 72.6 Å². The Kier molecular flexibility index (Phi) is 8.46. The number of hydrogen-bond acceptors (Lipinski definition) is 9. The van der Waals surface area contributed by atoms with Crippen molar-refractivity contribution in [3.63, 3.8) is 0 Å². The topological polar surface area (TPSA) is 146 Å². The van der Waals surface area contributed by atoms with Crippen LogP contribution in [0, 0.1) is 11.3 Å². The molecule has 2 atom stereocenters. The van der Waals surface area contributed by atoms with Crippen LogP contribution in [0.4, 0.5) is 0 Å². The lowest BCUT2D eigenvalue weighted by molar-refractivity contribution is -0.179. The summed E-state index contributed by atoms with van der Waals surface area (Å²) in [5.41, 5.74) is -3.28. The summed E-state index contributed by atoms with van der Waals surface area (Å²) >= 11 is 0. The van der Waals surface area contributed by atoms with E-state index in [4.69, 9.17) is 4.74 Å². The molecule has 12 heteroatoms. The summed E-state index contributed by atoms with van der Waals surface area (Å²) in [5, 5.41) is 0. The van der Waals surface area contributed by atoms with E-state index in [-0.39, 0.29) is 5.92 Å². The maximum atomic E-state index is 13.4. The smallest absolute Gasteiger partial charge is 0.320 e. The number of ketones is 1. The second kappa shape index (κ2) is 9.32. The number of rotatable bonds is 10. The SMILES string of the molecule is CCC(C)(OC(=O)C(C)(CC(S(C)(=O)=O)(S(C)(=O)=O)S(C)(=O)=O)C(C)=O)C1CCCCC1. The molecule has 0 saturated heterocycles. The van der Waals surface area contributed by atoms with Crippen molar-refractivity contribution in [2.45, 2.75) is 81.7 Å². The third kappa shape index (κ3) is 5.22. The molecule has 0 aromatic carbocycles. The lowest BCUT2D eigenvalue weighted by atomic mass is 9.76. The molecule has 0 aromatic heterocycles. The zero-order valence-corrected chi connectivity index (χ0v) is 22.4. The summed E-state index contributed by atoms with van der Waals surface area (Å²) in [6.07, 6.45) is 5.17. The highest BCUT2D eigenvalue weighted by Crippen LogP contribution is 2.44. The van der Waals surface area contributed by atoms with Gasteiger partial charge >= 0.3 is 5.97 Å². The Labute approximate surface area is 192 Å². The normalized spacial score (nSPS) is 20.7. The summed E-state index contributed by atoms with van der Waals surface area (Å²) in [7, 11) is -14.5. The first-order valence-electron chi connectivity index (χ1n) is 10.5. The molecule has 0 spiro atoms. The summed E-state index contributed by atoms with van der Waals surface area (Å²) in [5.74, 6) is -1.99. The predicted molar refractivity (Wildman–Crippen MR) is 122 cm³/mol. The Bertz CT molecular complexity index is 973. The Morgan fingerprint density at radius 3 is 1.56 bits per heavy atom. The van der Waals surface area contributed by atoms with E-state index >= 15 is 0 Å². The number of carbonyl (C=O) groups is 2. The summed E-state index contributed by atoms with van der Waals surface area (Å²) in [6.45, 7) is 5.59. The van der Waals surface area contributed by atoms with Crippen LogP contribution in [0.5, 0.6) is 0 Å². The first-order chi connectivity index (χ1) is 14.2. The standard InChI is InChI=1S/C20H36O9S3/c1-8-19(4,16-12-10-9-11-13-16)29-17(22)18(3,15(2)21)14-20(30(5,23)24,31(6,25)26)32(7,27)28/h16H,8-14H2,1-7H3. The second-order valence-corrected chi connectivity index (χ2v) is 17.0. The molecule has 1 aliphatic rings. The highest BCUT2D eigenvalue weighted by Gasteiger charge is 2.65. The molecular formula is C20H36O9S3. The fourth-order valence-corrected chi connectivity index (χ4v) is 12.7. The fourth-order valence-electron chi connectivity index (χ4n) is 4.47. The molecule has 0 radical (unpaired) electrons. The van der Waals surface area contributed by atoms with Gasteiger partial charge < -0.3 is 4.74 Å². The molecule has 0 amide bonds. The number of carbonyl (C=O) groups excluding carboxylic acids is 2. The molecule has 188 valence electrons. The molecule has 2 unspecified atom stereocenters.